The van der Waals surface area contributed by atoms with E-state index in [1.165, 1.54) is 122 Å². The summed E-state index contributed by atoms with van der Waals surface area (Å²) in [7, 11) is 0. The Morgan fingerprint density at radius 3 is 1.56 bits per heavy atom. The van der Waals surface area contributed by atoms with Crippen molar-refractivity contribution in [1.82, 2.24) is 0 Å². The summed E-state index contributed by atoms with van der Waals surface area (Å²) in [6, 6.07) is 63.5. The van der Waals surface area contributed by atoms with Gasteiger partial charge < -0.3 is 13.7 Å². The van der Waals surface area contributed by atoms with E-state index >= 15 is 0 Å². The van der Waals surface area contributed by atoms with Crippen molar-refractivity contribution in [3.05, 3.63) is 220 Å². The third kappa shape index (κ3) is 5.50. The number of furan rings is 2. The lowest BCUT2D eigenvalue weighted by Crippen LogP contribution is -2.24. The summed E-state index contributed by atoms with van der Waals surface area (Å²) in [5.41, 5.74) is 28.3. The second-order valence-electron chi connectivity index (χ2n) is 23.0. The molecule has 0 radical (unpaired) electrons. The minimum atomic E-state index is -0.335. The molecule has 0 spiro atoms. The highest BCUT2D eigenvalue weighted by atomic mass is 16.3. The van der Waals surface area contributed by atoms with Crippen molar-refractivity contribution < 1.29 is 8.83 Å². The summed E-state index contributed by atoms with van der Waals surface area (Å²) in [6.07, 6.45) is 0. The molecule has 3 nitrogen and oxygen atoms in total. The standard InChI is InChI=1S/C70H55NO2/c1-38-32-39(2)58(40(3)33-38)51-37-55-59(61-49-21-13-16-24-56(49)72-66(51)61)47-30-28-44(35-53(47)68(55,4)5)71(43-27-26-41-18-10-11-19-42(41)34-43)45-29-31-48-54(36-45)70(8,9)64-60(48)62-50-22-14-17-25-57(50)73-67(62)63-46-20-12-15-23-52(46)69(6,7)65(63)64/h10-37H,1-9H3. The molecule has 0 fully saturated rings. The largest absolute Gasteiger partial charge is 0.455 e. The molecule has 3 aliphatic rings. The summed E-state index contributed by atoms with van der Waals surface area (Å²) >= 11 is 0. The number of para-hydroxylation sites is 2. The Hall–Kier alpha value is -8.14. The maximum absolute atomic E-state index is 7.01. The predicted octanol–water partition coefficient (Wildman–Crippen LogP) is 19.6. The van der Waals surface area contributed by atoms with Crippen LogP contribution in [0.1, 0.15) is 91.6 Å². The quantitative estimate of drug-likeness (QED) is 0.176. The SMILES string of the molecule is Cc1cc(C)c(-c2cc3c(c4c2oc2ccccc24)-c2ccc(N(c4ccc5c(c4)C(C)(C)c4c6c(c7oc8ccccc8c7c4-5)-c4ccccc4C6(C)C)c4ccc5ccccc5c4)cc2C3(C)C)c(C)c1. The van der Waals surface area contributed by atoms with E-state index in [1.807, 2.05) is 0 Å². The smallest absolute Gasteiger partial charge is 0.144 e. The highest BCUT2D eigenvalue weighted by Crippen LogP contribution is 2.64. The molecule has 2 aromatic heterocycles. The fraction of sp³-hybridized carbons (Fsp3) is 0.171. The third-order valence-electron chi connectivity index (χ3n) is 17.6. The molecule has 0 N–H and O–H groups in total. The lowest BCUT2D eigenvalue weighted by atomic mass is 9.72. The average Bonchev–Trinajstić information content (AvgIpc) is 4.16. The van der Waals surface area contributed by atoms with Crippen LogP contribution >= 0.6 is 0 Å². The van der Waals surface area contributed by atoms with Crippen LogP contribution in [-0.4, -0.2) is 0 Å². The molecule has 3 aliphatic carbocycles. The molecule has 73 heavy (non-hydrogen) atoms. The van der Waals surface area contributed by atoms with Gasteiger partial charge >= 0.3 is 0 Å². The van der Waals surface area contributed by atoms with Crippen molar-refractivity contribution in [2.45, 2.75) is 78.6 Å². The number of aryl methyl sites for hydroxylation is 3. The summed E-state index contributed by atoms with van der Waals surface area (Å²) in [4.78, 5) is 2.51. The molecular weight excluding hydrogens is 887 g/mol. The first kappa shape index (κ1) is 42.5. The van der Waals surface area contributed by atoms with Gasteiger partial charge in [0.2, 0.25) is 0 Å². The summed E-state index contributed by atoms with van der Waals surface area (Å²) in [6.45, 7) is 21.3. The molecule has 2 heterocycles. The van der Waals surface area contributed by atoms with Gasteiger partial charge in [0.05, 0.1) is 0 Å². The number of nitrogens with zero attached hydrogens (tertiary/aromatic N) is 1. The van der Waals surface area contributed by atoms with Crippen LogP contribution in [0, 0.1) is 20.8 Å². The normalized spacial score (nSPS) is 15.2. The number of hydrogen-bond donors (Lipinski definition) is 0. The minimum absolute atomic E-state index is 0.232. The molecule has 0 saturated carbocycles. The van der Waals surface area contributed by atoms with E-state index in [-0.39, 0.29) is 16.2 Å². The van der Waals surface area contributed by atoms with Crippen molar-refractivity contribution in [2.75, 3.05) is 4.90 Å². The zero-order valence-electron chi connectivity index (χ0n) is 42.9. The van der Waals surface area contributed by atoms with Gasteiger partial charge in [0.25, 0.3) is 0 Å². The molecule has 15 rings (SSSR count). The van der Waals surface area contributed by atoms with E-state index < -0.39 is 0 Å². The van der Waals surface area contributed by atoms with Gasteiger partial charge in [-0.05, 0) is 164 Å². The lowest BCUT2D eigenvalue weighted by Gasteiger charge is -2.32. The van der Waals surface area contributed by atoms with E-state index in [2.05, 4.69) is 237 Å². The second kappa shape index (κ2) is 14.3. The van der Waals surface area contributed by atoms with Crippen molar-refractivity contribution in [3.63, 3.8) is 0 Å². The van der Waals surface area contributed by atoms with Crippen LogP contribution < -0.4 is 4.90 Å². The lowest BCUT2D eigenvalue weighted by molar-refractivity contribution is 0.600. The first-order chi connectivity index (χ1) is 35.2. The Labute approximate surface area is 426 Å². The van der Waals surface area contributed by atoms with Gasteiger partial charge in [0, 0.05) is 66.0 Å². The first-order valence-electron chi connectivity index (χ1n) is 26.0. The minimum Gasteiger partial charge on any atom is -0.455 e. The molecular formula is C70H55NO2. The van der Waals surface area contributed by atoms with E-state index in [9.17, 15) is 0 Å². The highest BCUT2D eigenvalue weighted by molar-refractivity contribution is 6.22. The summed E-state index contributed by atoms with van der Waals surface area (Å²) in [5.74, 6) is 0. The van der Waals surface area contributed by atoms with Crippen molar-refractivity contribution in [3.8, 4) is 44.5 Å². The molecule has 10 aromatic carbocycles. The number of rotatable bonds is 4. The summed E-state index contributed by atoms with van der Waals surface area (Å²) < 4.78 is 14.0. The Morgan fingerprint density at radius 2 is 0.863 bits per heavy atom. The monoisotopic (exact) mass is 941 g/mol. The molecule has 0 atom stereocenters. The number of benzene rings is 10. The molecule has 352 valence electrons. The van der Waals surface area contributed by atoms with E-state index in [0.29, 0.717) is 0 Å². The van der Waals surface area contributed by atoms with E-state index in [1.54, 1.807) is 0 Å². The maximum atomic E-state index is 7.01. The van der Waals surface area contributed by atoms with Crippen LogP contribution in [0.4, 0.5) is 17.1 Å². The Morgan fingerprint density at radius 1 is 0.356 bits per heavy atom. The number of hydrogen-bond acceptors (Lipinski definition) is 3. The Kier molecular flexibility index (Phi) is 8.33. The van der Waals surface area contributed by atoms with Gasteiger partial charge in [-0.25, -0.2) is 0 Å². The van der Waals surface area contributed by atoms with E-state index in [0.717, 1.165) is 44.8 Å². The van der Waals surface area contributed by atoms with Crippen molar-refractivity contribution >= 4 is 71.7 Å². The van der Waals surface area contributed by atoms with Crippen molar-refractivity contribution in [1.29, 1.82) is 0 Å². The molecule has 0 saturated heterocycles. The maximum Gasteiger partial charge on any atom is 0.144 e. The van der Waals surface area contributed by atoms with Crippen LogP contribution in [0.3, 0.4) is 0 Å². The highest BCUT2D eigenvalue weighted by Gasteiger charge is 2.49. The molecule has 3 heteroatoms. The van der Waals surface area contributed by atoms with Crippen LogP contribution in [-0.2, 0) is 16.2 Å². The first-order valence-corrected chi connectivity index (χ1v) is 26.0. The molecule has 12 aromatic rings. The molecule has 0 aliphatic heterocycles. The fourth-order valence-corrected chi connectivity index (χ4v) is 14.4. The fourth-order valence-electron chi connectivity index (χ4n) is 14.4. The van der Waals surface area contributed by atoms with Gasteiger partial charge in [-0.3, -0.25) is 0 Å². The average molecular weight is 942 g/mol. The van der Waals surface area contributed by atoms with Crippen molar-refractivity contribution in [2.24, 2.45) is 0 Å². The van der Waals surface area contributed by atoms with Crippen LogP contribution in [0.15, 0.2) is 179 Å². The van der Waals surface area contributed by atoms with Gasteiger partial charge in [0.15, 0.2) is 0 Å². The van der Waals surface area contributed by atoms with Crippen LogP contribution in [0.25, 0.3) is 99.2 Å². The third-order valence-corrected chi connectivity index (χ3v) is 17.6. The molecule has 0 unspecified atom stereocenters. The zero-order valence-corrected chi connectivity index (χ0v) is 42.9. The summed E-state index contributed by atoms with van der Waals surface area (Å²) in [5, 5.41) is 7.18. The topological polar surface area (TPSA) is 29.5 Å². The van der Waals surface area contributed by atoms with Crippen LogP contribution in [0.5, 0.6) is 0 Å². The number of fused-ring (bicyclic) bond motifs is 20. The predicted molar refractivity (Wildman–Crippen MR) is 306 cm³/mol. The van der Waals surface area contributed by atoms with Crippen LogP contribution in [0.2, 0.25) is 0 Å². The zero-order chi connectivity index (χ0) is 49.6. The van der Waals surface area contributed by atoms with E-state index in [4.69, 9.17) is 8.83 Å². The number of anilines is 3. The van der Waals surface area contributed by atoms with Gasteiger partial charge in [-0.15, -0.1) is 0 Å². The van der Waals surface area contributed by atoms with Gasteiger partial charge in [-0.2, -0.15) is 0 Å². The van der Waals surface area contributed by atoms with Gasteiger partial charge in [-0.1, -0.05) is 162 Å². The second-order valence-corrected chi connectivity index (χ2v) is 23.0. The Balaban J connectivity index is 0.963. The Bertz CT molecular complexity index is 4430. The van der Waals surface area contributed by atoms with Gasteiger partial charge in [0.1, 0.15) is 22.3 Å². The molecule has 0 amide bonds. The molecule has 0 bridgehead atoms.